The van der Waals surface area contributed by atoms with E-state index < -0.39 is 6.41 Å². The second-order valence-corrected chi connectivity index (χ2v) is 8.62. The molecule has 1 saturated carbocycles. The molecular weight excluding hydrogens is 328 g/mol. The van der Waals surface area contributed by atoms with Gasteiger partial charge in [-0.2, -0.15) is 0 Å². The molecule has 5 heteroatoms. The molecule has 4 rings (SSSR count). The number of ether oxygens (including phenoxy) is 1. The summed E-state index contributed by atoms with van der Waals surface area (Å²) in [6.45, 7) is 6.67. The highest BCUT2D eigenvalue weighted by Crippen LogP contribution is 2.42. The molecule has 0 bridgehead atoms. The second kappa shape index (κ2) is 6.95. The molecule has 3 fully saturated rings. The predicted octanol–water partition coefficient (Wildman–Crippen LogP) is 2.56. The van der Waals surface area contributed by atoms with Gasteiger partial charge in [-0.1, -0.05) is 38.1 Å². The standard InChI is InChI=1S/C21H30N2O3/c1-14(2)16-4-3-5-17(10-16)15-6-8-23(9-7-15)19(24)18-11-21(12-18)13-26-20(25)22-21/h3-5,10,14-15,18,20,22,25H,6-9,11-13H2,1-2H3. The topological polar surface area (TPSA) is 61.8 Å². The Kier molecular flexibility index (Phi) is 4.80. The molecule has 1 spiro atoms. The molecule has 1 amide bonds. The lowest BCUT2D eigenvalue weighted by Gasteiger charge is -2.45. The Morgan fingerprint density at radius 3 is 2.65 bits per heavy atom. The number of hydrogen-bond donors (Lipinski definition) is 2. The summed E-state index contributed by atoms with van der Waals surface area (Å²) in [5, 5.41) is 12.5. The predicted molar refractivity (Wildman–Crippen MR) is 99.6 cm³/mol. The van der Waals surface area contributed by atoms with Gasteiger partial charge in [-0.3, -0.25) is 10.1 Å². The Balaban J connectivity index is 1.30. The normalized spacial score (nSPS) is 32.2. The highest BCUT2D eigenvalue weighted by molar-refractivity contribution is 5.80. The van der Waals surface area contributed by atoms with Gasteiger partial charge in [0.25, 0.3) is 0 Å². The van der Waals surface area contributed by atoms with Gasteiger partial charge in [0.05, 0.1) is 6.61 Å². The van der Waals surface area contributed by atoms with Crippen molar-refractivity contribution >= 4 is 5.91 Å². The molecule has 2 aliphatic heterocycles. The third kappa shape index (κ3) is 3.40. The molecule has 2 saturated heterocycles. The Hall–Kier alpha value is -1.43. The molecule has 2 N–H and O–H groups in total. The van der Waals surface area contributed by atoms with Crippen LogP contribution >= 0.6 is 0 Å². The van der Waals surface area contributed by atoms with Gasteiger partial charge in [-0.05, 0) is 48.6 Å². The van der Waals surface area contributed by atoms with Crippen LogP contribution in [0.3, 0.4) is 0 Å². The lowest BCUT2D eigenvalue weighted by Crippen LogP contribution is -2.59. The van der Waals surface area contributed by atoms with Gasteiger partial charge in [0.1, 0.15) is 0 Å². The Morgan fingerprint density at radius 1 is 1.31 bits per heavy atom. The van der Waals surface area contributed by atoms with Crippen LogP contribution in [0.4, 0.5) is 0 Å². The number of carbonyl (C=O) groups excluding carboxylic acids is 1. The number of rotatable bonds is 3. The molecule has 1 aliphatic carbocycles. The van der Waals surface area contributed by atoms with Crippen LogP contribution < -0.4 is 5.32 Å². The first-order valence-electron chi connectivity index (χ1n) is 9.92. The van der Waals surface area contributed by atoms with Crippen molar-refractivity contribution in [3.8, 4) is 0 Å². The van der Waals surface area contributed by atoms with Gasteiger partial charge in [0.2, 0.25) is 12.3 Å². The molecule has 1 aromatic carbocycles. The van der Waals surface area contributed by atoms with E-state index in [0.29, 0.717) is 18.4 Å². The molecule has 5 nitrogen and oxygen atoms in total. The minimum atomic E-state index is -0.872. The molecule has 26 heavy (non-hydrogen) atoms. The van der Waals surface area contributed by atoms with Crippen molar-refractivity contribution in [1.82, 2.24) is 10.2 Å². The second-order valence-electron chi connectivity index (χ2n) is 8.62. The van der Waals surface area contributed by atoms with Crippen LogP contribution in [0.1, 0.15) is 62.5 Å². The van der Waals surface area contributed by atoms with Crippen LogP contribution in [-0.4, -0.2) is 47.6 Å². The summed E-state index contributed by atoms with van der Waals surface area (Å²) >= 11 is 0. The van der Waals surface area contributed by atoms with Crippen LogP contribution in [0.2, 0.25) is 0 Å². The van der Waals surface area contributed by atoms with E-state index in [1.165, 1.54) is 11.1 Å². The fourth-order valence-corrected chi connectivity index (χ4v) is 4.74. The van der Waals surface area contributed by atoms with Gasteiger partial charge in [0, 0.05) is 24.5 Å². The minimum absolute atomic E-state index is 0.0808. The van der Waals surface area contributed by atoms with Gasteiger partial charge in [-0.15, -0.1) is 0 Å². The minimum Gasteiger partial charge on any atom is -0.356 e. The first-order valence-corrected chi connectivity index (χ1v) is 9.92. The number of amides is 1. The number of aliphatic hydroxyl groups excluding tert-OH is 1. The molecule has 1 aromatic rings. The molecule has 0 aromatic heterocycles. The van der Waals surface area contributed by atoms with Crippen molar-refractivity contribution in [2.24, 2.45) is 5.92 Å². The van der Waals surface area contributed by atoms with Crippen LogP contribution in [-0.2, 0) is 9.53 Å². The van der Waals surface area contributed by atoms with E-state index >= 15 is 0 Å². The number of nitrogens with zero attached hydrogens (tertiary/aromatic N) is 1. The molecule has 1 atom stereocenters. The summed E-state index contributed by atoms with van der Waals surface area (Å²) in [5.74, 6) is 1.48. The Labute approximate surface area is 155 Å². The lowest BCUT2D eigenvalue weighted by molar-refractivity contribution is -0.142. The zero-order valence-corrected chi connectivity index (χ0v) is 15.8. The molecule has 2 heterocycles. The number of aliphatic hydroxyl groups is 1. The maximum Gasteiger partial charge on any atom is 0.225 e. The number of likely N-dealkylation sites (tertiary alicyclic amines) is 1. The average molecular weight is 358 g/mol. The highest BCUT2D eigenvalue weighted by Gasteiger charge is 2.52. The van der Waals surface area contributed by atoms with E-state index in [0.717, 1.165) is 38.8 Å². The summed E-state index contributed by atoms with van der Waals surface area (Å²) in [5.41, 5.74) is 2.65. The Bertz CT molecular complexity index is 661. The third-order valence-corrected chi connectivity index (χ3v) is 6.43. The molecule has 3 aliphatic rings. The molecular formula is C21H30N2O3. The van der Waals surface area contributed by atoms with Gasteiger partial charge in [-0.25, -0.2) is 0 Å². The van der Waals surface area contributed by atoms with Crippen molar-refractivity contribution < 1.29 is 14.6 Å². The molecule has 142 valence electrons. The van der Waals surface area contributed by atoms with E-state index in [4.69, 9.17) is 4.74 Å². The highest BCUT2D eigenvalue weighted by atomic mass is 16.6. The monoisotopic (exact) mass is 358 g/mol. The maximum atomic E-state index is 12.8. The van der Waals surface area contributed by atoms with Gasteiger partial charge < -0.3 is 14.7 Å². The number of carbonyl (C=O) groups is 1. The average Bonchev–Trinajstić information content (AvgIpc) is 3.02. The number of piperidine rings is 1. The summed E-state index contributed by atoms with van der Waals surface area (Å²) < 4.78 is 5.19. The summed E-state index contributed by atoms with van der Waals surface area (Å²) in [6, 6.07) is 8.96. The van der Waals surface area contributed by atoms with Gasteiger partial charge in [0.15, 0.2) is 0 Å². The van der Waals surface area contributed by atoms with Crippen molar-refractivity contribution in [3.05, 3.63) is 35.4 Å². The van der Waals surface area contributed by atoms with Gasteiger partial charge >= 0.3 is 0 Å². The van der Waals surface area contributed by atoms with Crippen LogP contribution in [0.25, 0.3) is 0 Å². The maximum absolute atomic E-state index is 12.8. The van der Waals surface area contributed by atoms with Crippen molar-refractivity contribution in [1.29, 1.82) is 0 Å². The van der Waals surface area contributed by atoms with Crippen LogP contribution in [0.5, 0.6) is 0 Å². The van der Waals surface area contributed by atoms with E-state index in [9.17, 15) is 9.90 Å². The smallest absolute Gasteiger partial charge is 0.225 e. The van der Waals surface area contributed by atoms with Crippen LogP contribution in [0.15, 0.2) is 24.3 Å². The first kappa shape index (κ1) is 18.0. The third-order valence-electron chi connectivity index (χ3n) is 6.43. The number of hydrogen-bond acceptors (Lipinski definition) is 4. The first-order chi connectivity index (χ1) is 12.5. The van der Waals surface area contributed by atoms with Crippen molar-refractivity contribution in [2.45, 2.75) is 63.3 Å². The van der Waals surface area contributed by atoms with Crippen molar-refractivity contribution in [3.63, 3.8) is 0 Å². The summed E-state index contributed by atoms with van der Waals surface area (Å²) in [4.78, 5) is 14.8. The zero-order valence-electron chi connectivity index (χ0n) is 15.8. The fraction of sp³-hybridized carbons (Fsp3) is 0.667. The largest absolute Gasteiger partial charge is 0.356 e. The molecule has 0 radical (unpaired) electrons. The van der Waals surface area contributed by atoms with Crippen LogP contribution in [0, 0.1) is 5.92 Å². The SMILES string of the molecule is CC(C)c1cccc(C2CCN(C(=O)C3CC4(COC(O)N4)C3)CC2)c1. The lowest BCUT2D eigenvalue weighted by atomic mass is 9.68. The van der Waals surface area contributed by atoms with E-state index in [1.807, 2.05) is 4.90 Å². The molecule has 1 unspecified atom stereocenters. The van der Waals surface area contributed by atoms with E-state index in [1.54, 1.807) is 0 Å². The van der Waals surface area contributed by atoms with Crippen molar-refractivity contribution in [2.75, 3.05) is 19.7 Å². The summed E-state index contributed by atoms with van der Waals surface area (Å²) in [6.07, 6.45) is 2.78. The fourth-order valence-electron chi connectivity index (χ4n) is 4.74. The van der Waals surface area contributed by atoms with E-state index in [-0.39, 0.29) is 17.4 Å². The quantitative estimate of drug-likeness (QED) is 0.872. The number of nitrogens with one attached hydrogen (secondary N) is 1. The Morgan fingerprint density at radius 2 is 2.04 bits per heavy atom. The van der Waals surface area contributed by atoms with E-state index in [2.05, 4.69) is 43.4 Å². The summed E-state index contributed by atoms with van der Waals surface area (Å²) in [7, 11) is 0. The zero-order chi connectivity index (χ0) is 18.3. The number of benzene rings is 1.